The number of halogens is 1. The summed E-state index contributed by atoms with van der Waals surface area (Å²) in [5.74, 6) is -0.819. The summed E-state index contributed by atoms with van der Waals surface area (Å²) in [4.78, 5) is 22.6. The van der Waals surface area contributed by atoms with Gasteiger partial charge in [-0.3, -0.25) is 9.59 Å². The second-order valence-electron chi connectivity index (χ2n) is 7.37. The molecule has 1 aromatic rings. The normalized spacial score (nSPS) is 21.0. The molecule has 3 atom stereocenters. The Bertz CT molecular complexity index is 710. The monoisotopic (exact) mass is 388 g/mol. The van der Waals surface area contributed by atoms with Gasteiger partial charge in [-0.15, -0.1) is 0 Å². The van der Waals surface area contributed by atoms with E-state index >= 15 is 0 Å². The topological polar surface area (TPSA) is 74.6 Å². The van der Waals surface area contributed by atoms with E-state index in [1.165, 1.54) is 6.07 Å². The Kier molecular flexibility index (Phi) is 9.08. The molecule has 0 heterocycles. The zero-order valence-electron chi connectivity index (χ0n) is 16.1. The summed E-state index contributed by atoms with van der Waals surface area (Å²) in [6, 6.07) is 6.54. The number of aliphatic hydroxyl groups is 1. The van der Waals surface area contributed by atoms with Crippen LogP contribution in [0.15, 0.2) is 48.6 Å². The fraction of sp³-hybridized carbons (Fsp3) is 0.478. The van der Waals surface area contributed by atoms with E-state index in [2.05, 4.69) is 0 Å². The zero-order valence-corrected chi connectivity index (χ0v) is 16.1. The number of allylic oxidation sites excluding steroid dienone is 3. The number of carboxylic acid groups (broad SMARTS) is 1. The number of rotatable bonds is 11. The van der Waals surface area contributed by atoms with Crippen molar-refractivity contribution >= 4 is 11.8 Å². The van der Waals surface area contributed by atoms with Crippen molar-refractivity contribution in [3.05, 3.63) is 60.0 Å². The Morgan fingerprint density at radius 2 is 2.07 bits per heavy atom. The Labute approximate surface area is 165 Å². The molecule has 0 saturated heterocycles. The van der Waals surface area contributed by atoms with Crippen LogP contribution in [0, 0.1) is 17.7 Å². The summed E-state index contributed by atoms with van der Waals surface area (Å²) in [5.41, 5.74) is 0.581. The first-order chi connectivity index (χ1) is 13.5. The van der Waals surface area contributed by atoms with Crippen molar-refractivity contribution in [2.24, 2.45) is 11.8 Å². The highest BCUT2D eigenvalue weighted by Gasteiger charge is 2.31. The number of carbonyl (C=O) groups is 2. The molecule has 2 rings (SSSR count). The highest BCUT2D eigenvalue weighted by molar-refractivity contribution is 5.85. The van der Waals surface area contributed by atoms with Crippen molar-refractivity contribution in [3.63, 3.8) is 0 Å². The van der Waals surface area contributed by atoms with Crippen molar-refractivity contribution in [1.82, 2.24) is 0 Å². The second-order valence-corrected chi connectivity index (χ2v) is 7.37. The van der Waals surface area contributed by atoms with Crippen molar-refractivity contribution in [2.75, 3.05) is 0 Å². The minimum absolute atomic E-state index is 0.169. The van der Waals surface area contributed by atoms with Crippen LogP contribution in [-0.2, 0) is 16.0 Å². The number of aliphatic carboxylic acids is 1. The summed E-state index contributed by atoms with van der Waals surface area (Å²) >= 11 is 0. The molecule has 1 saturated carbocycles. The van der Waals surface area contributed by atoms with E-state index in [4.69, 9.17) is 5.11 Å². The number of Topliss-reactive ketones (excluding diaryl/α,β-unsaturated/α-hetero) is 1. The number of unbranched alkanes of at least 4 members (excludes halogenated alkanes) is 1. The van der Waals surface area contributed by atoms with Gasteiger partial charge in [-0.2, -0.15) is 0 Å². The van der Waals surface area contributed by atoms with Gasteiger partial charge in [-0.25, -0.2) is 4.39 Å². The maximum Gasteiger partial charge on any atom is 0.303 e. The average molecular weight is 388 g/mol. The van der Waals surface area contributed by atoms with Crippen LogP contribution in [0.1, 0.15) is 50.5 Å². The predicted molar refractivity (Wildman–Crippen MR) is 106 cm³/mol. The van der Waals surface area contributed by atoms with Gasteiger partial charge in [0.2, 0.25) is 0 Å². The number of benzene rings is 1. The lowest BCUT2D eigenvalue weighted by Gasteiger charge is -2.14. The van der Waals surface area contributed by atoms with Crippen LogP contribution < -0.4 is 0 Å². The van der Waals surface area contributed by atoms with Gasteiger partial charge in [0.1, 0.15) is 11.6 Å². The molecule has 2 N–H and O–H groups in total. The maximum absolute atomic E-state index is 13.6. The largest absolute Gasteiger partial charge is 0.481 e. The summed E-state index contributed by atoms with van der Waals surface area (Å²) in [5, 5.41) is 18.8. The van der Waals surface area contributed by atoms with Crippen molar-refractivity contribution in [1.29, 1.82) is 0 Å². The molecule has 1 aromatic carbocycles. The van der Waals surface area contributed by atoms with Gasteiger partial charge in [0.15, 0.2) is 0 Å². The molecule has 4 nitrogen and oxygen atoms in total. The number of carboxylic acids is 1. The first-order valence-corrected chi connectivity index (χ1v) is 9.96. The number of hydrogen-bond acceptors (Lipinski definition) is 3. The van der Waals surface area contributed by atoms with Gasteiger partial charge in [-0.05, 0) is 56.1 Å². The number of aryl methyl sites for hydroxylation is 1. The molecule has 28 heavy (non-hydrogen) atoms. The molecule has 0 radical (unpaired) electrons. The summed E-state index contributed by atoms with van der Waals surface area (Å²) in [6.45, 7) is 0. The first-order valence-electron chi connectivity index (χ1n) is 9.96. The van der Waals surface area contributed by atoms with Crippen molar-refractivity contribution in [2.45, 2.75) is 57.5 Å². The molecule has 1 aliphatic carbocycles. The van der Waals surface area contributed by atoms with E-state index in [9.17, 15) is 19.1 Å². The van der Waals surface area contributed by atoms with Gasteiger partial charge in [-0.1, -0.05) is 42.5 Å². The van der Waals surface area contributed by atoms with Crippen LogP contribution in [0.3, 0.4) is 0 Å². The van der Waals surface area contributed by atoms with E-state index in [0.29, 0.717) is 31.2 Å². The Morgan fingerprint density at radius 3 is 2.82 bits per heavy atom. The molecule has 0 aliphatic heterocycles. The lowest BCUT2D eigenvalue weighted by molar-refractivity contribution is -0.137. The molecular formula is C23H29FO4. The third kappa shape index (κ3) is 7.39. The molecule has 0 bridgehead atoms. The van der Waals surface area contributed by atoms with Gasteiger partial charge < -0.3 is 10.2 Å². The molecule has 1 fully saturated rings. The molecule has 0 amide bonds. The summed E-state index contributed by atoms with van der Waals surface area (Å²) in [6.07, 6.45) is 11.3. The third-order valence-corrected chi connectivity index (χ3v) is 5.22. The Morgan fingerprint density at radius 1 is 1.29 bits per heavy atom. The minimum Gasteiger partial charge on any atom is -0.481 e. The van der Waals surface area contributed by atoms with Crippen LogP contribution >= 0.6 is 0 Å². The molecule has 0 spiro atoms. The quantitative estimate of drug-likeness (QED) is 0.433. The highest BCUT2D eigenvalue weighted by Crippen LogP contribution is 2.33. The van der Waals surface area contributed by atoms with Gasteiger partial charge in [0, 0.05) is 18.8 Å². The fourth-order valence-electron chi connectivity index (χ4n) is 3.57. The Hall–Kier alpha value is -2.27. The fourth-order valence-corrected chi connectivity index (χ4v) is 3.57. The molecule has 152 valence electrons. The first kappa shape index (κ1) is 22.0. The van der Waals surface area contributed by atoms with Crippen molar-refractivity contribution < 1.29 is 24.2 Å². The summed E-state index contributed by atoms with van der Waals surface area (Å²) < 4.78 is 13.6. The van der Waals surface area contributed by atoms with Crippen LogP contribution in [0.4, 0.5) is 4.39 Å². The van der Waals surface area contributed by atoms with Crippen molar-refractivity contribution in [3.8, 4) is 0 Å². The average Bonchev–Trinajstić information content (AvgIpc) is 3.01. The number of ketones is 1. The van der Waals surface area contributed by atoms with E-state index in [1.54, 1.807) is 24.3 Å². The number of hydrogen-bond donors (Lipinski definition) is 2. The highest BCUT2D eigenvalue weighted by atomic mass is 19.1. The number of aliphatic hydroxyl groups excluding tert-OH is 1. The number of carbonyl (C=O) groups excluding carboxylic acids is 1. The van der Waals surface area contributed by atoms with E-state index in [0.717, 1.165) is 19.3 Å². The van der Waals surface area contributed by atoms with E-state index < -0.39 is 12.1 Å². The van der Waals surface area contributed by atoms with Gasteiger partial charge in [0.25, 0.3) is 0 Å². The lowest BCUT2D eigenvalue weighted by atomic mass is 9.91. The summed E-state index contributed by atoms with van der Waals surface area (Å²) in [7, 11) is 0. The third-order valence-electron chi connectivity index (χ3n) is 5.22. The molecule has 5 heteroatoms. The smallest absolute Gasteiger partial charge is 0.303 e. The van der Waals surface area contributed by atoms with Crippen LogP contribution in [-0.4, -0.2) is 28.1 Å². The van der Waals surface area contributed by atoms with Gasteiger partial charge in [0.05, 0.1) is 6.10 Å². The van der Waals surface area contributed by atoms with E-state index in [1.807, 2.05) is 18.2 Å². The second kappa shape index (κ2) is 11.5. The molecule has 0 aromatic heterocycles. The zero-order chi connectivity index (χ0) is 20.4. The van der Waals surface area contributed by atoms with Crippen LogP contribution in [0.5, 0.6) is 0 Å². The van der Waals surface area contributed by atoms with E-state index in [-0.39, 0.29) is 29.9 Å². The standard InChI is InChI=1S/C23H29FO4/c24-21-9-6-5-8-18(21)11-13-19(25)14-15-20-17(12-16-22(20)26)7-3-1-2-4-10-23(27)28/h1,3,5-6,8-9,14-15,17,19-20,25H,2,4,7,10-13,16H2,(H,27,28)/b3-1-,15-14+/t17-,19-,20?/m0/s1. The van der Waals surface area contributed by atoms with Gasteiger partial charge >= 0.3 is 5.97 Å². The molecule has 1 aliphatic rings. The molecular weight excluding hydrogens is 359 g/mol. The van der Waals surface area contributed by atoms with Crippen LogP contribution in [0.25, 0.3) is 0 Å². The predicted octanol–water partition coefficient (Wildman–Crippen LogP) is 4.47. The Balaban J connectivity index is 1.79. The van der Waals surface area contributed by atoms with Crippen LogP contribution in [0.2, 0.25) is 0 Å². The lowest BCUT2D eigenvalue weighted by Crippen LogP contribution is -2.13. The molecule has 1 unspecified atom stereocenters. The SMILES string of the molecule is O=C(O)CCC/C=C\C[C@H]1CCC(=O)C1/C=C/[C@@H](O)CCc1ccccc1F. The maximum atomic E-state index is 13.6. The minimum atomic E-state index is -0.784.